The summed E-state index contributed by atoms with van der Waals surface area (Å²) in [7, 11) is 0. The van der Waals surface area contributed by atoms with Crippen molar-refractivity contribution in [3.63, 3.8) is 0 Å². The number of hydrogen-bond acceptors (Lipinski definition) is 2. The standard InChI is InChI=1S/C13H12Br2N2O2/c1-8(2)9-4-6-10(7-5-9)13(3)11(18)16(14)12(19)17(13)15/h4-7H,1H2,2-3H3. The van der Waals surface area contributed by atoms with Gasteiger partial charge in [0.15, 0.2) is 5.54 Å². The van der Waals surface area contributed by atoms with E-state index in [-0.39, 0.29) is 5.91 Å². The van der Waals surface area contributed by atoms with E-state index in [0.717, 1.165) is 20.6 Å². The molecule has 100 valence electrons. The first-order valence-electron chi connectivity index (χ1n) is 5.57. The maximum absolute atomic E-state index is 12.2. The number of urea groups is 1. The van der Waals surface area contributed by atoms with Gasteiger partial charge >= 0.3 is 6.03 Å². The van der Waals surface area contributed by atoms with Crippen molar-refractivity contribution in [3.8, 4) is 0 Å². The summed E-state index contributed by atoms with van der Waals surface area (Å²) in [5, 5.41) is 0. The summed E-state index contributed by atoms with van der Waals surface area (Å²) in [4.78, 5) is 24.0. The van der Waals surface area contributed by atoms with Gasteiger partial charge < -0.3 is 0 Å². The summed E-state index contributed by atoms with van der Waals surface area (Å²) in [5.41, 5.74) is 1.62. The van der Waals surface area contributed by atoms with Gasteiger partial charge in [-0.25, -0.2) is 8.72 Å². The average molecular weight is 388 g/mol. The molecule has 1 aliphatic heterocycles. The number of carbonyl (C=O) groups excluding carboxylic acids is 2. The Balaban J connectivity index is 2.48. The van der Waals surface area contributed by atoms with Crippen molar-refractivity contribution in [2.24, 2.45) is 0 Å². The first-order valence-corrected chi connectivity index (χ1v) is 6.98. The van der Waals surface area contributed by atoms with E-state index in [1.807, 2.05) is 31.2 Å². The van der Waals surface area contributed by atoms with E-state index in [9.17, 15) is 9.59 Å². The molecule has 2 rings (SSSR count). The molecule has 0 N–H and O–H groups in total. The summed E-state index contributed by atoms with van der Waals surface area (Å²) in [6.07, 6.45) is 0. The highest BCUT2D eigenvalue weighted by atomic mass is 79.9. The molecule has 1 atom stereocenters. The molecule has 6 heteroatoms. The van der Waals surface area contributed by atoms with Crippen LogP contribution in [0.4, 0.5) is 4.79 Å². The van der Waals surface area contributed by atoms with Gasteiger partial charge in [0.1, 0.15) is 0 Å². The van der Waals surface area contributed by atoms with E-state index in [2.05, 4.69) is 38.9 Å². The first kappa shape index (κ1) is 14.3. The summed E-state index contributed by atoms with van der Waals surface area (Å²) in [5.74, 6) is -0.336. The number of halogens is 2. The topological polar surface area (TPSA) is 40.6 Å². The molecule has 1 unspecified atom stereocenters. The molecule has 1 fully saturated rings. The molecule has 19 heavy (non-hydrogen) atoms. The van der Waals surface area contributed by atoms with Gasteiger partial charge in [-0.1, -0.05) is 36.4 Å². The third kappa shape index (κ3) is 2.03. The number of hydrogen-bond donors (Lipinski definition) is 0. The Kier molecular flexibility index (Phi) is 3.57. The molecule has 0 aliphatic carbocycles. The zero-order valence-corrected chi connectivity index (χ0v) is 13.7. The zero-order valence-electron chi connectivity index (χ0n) is 10.5. The minimum Gasteiger partial charge on any atom is -0.270 e. The van der Waals surface area contributed by atoms with Crippen molar-refractivity contribution in [1.82, 2.24) is 7.85 Å². The second-order valence-corrected chi connectivity index (χ2v) is 6.00. The van der Waals surface area contributed by atoms with Crippen LogP contribution in [0, 0.1) is 0 Å². The lowest BCUT2D eigenvalue weighted by Crippen LogP contribution is -2.38. The van der Waals surface area contributed by atoms with E-state index >= 15 is 0 Å². The maximum Gasteiger partial charge on any atom is 0.348 e. The van der Waals surface area contributed by atoms with Crippen molar-refractivity contribution >= 4 is 49.8 Å². The number of rotatable bonds is 2. The minimum atomic E-state index is -1.06. The number of carbonyl (C=O) groups is 2. The zero-order chi connectivity index (χ0) is 14.4. The lowest BCUT2D eigenvalue weighted by Gasteiger charge is -2.26. The molecule has 1 aromatic carbocycles. The van der Waals surface area contributed by atoms with Crippen LogP contribution in [0.2, 0.25) is 0 Å². The summed E-state index contributed by atoms with van der Waals surface area (Å²) in [6, 6.07) is 6.98. The monoisotopic (exact) mass is 386 g/mol. The van der Waals surface area contributed by atoms with Crippen molar-refractivity contribution in [2.75, 3.05) is 0 Å². The molecule has 3 amide bonds. The van der Waals surface area contributed by atoms with Crippen LogP contribution in [0.15, 0.2) is 30.8 Å². The summed E-state index contributed by atoms with van der Waals surface area (Å²) >= 11 is 6.13. The van der Waals surface area contributed by atoms with Crippen LogP contribution >= 0.6 is 32.3 Å². The molecular weight excluding hydrogens is 376 g/mol. The van der Waals surface area contributed by atoms with E-state index in [1.54, 1.807) is 6.92 Å². The molecule has 1 aromatic rings. The average Bonchev–Trinajstić information content (AvgIpc) is 2.55. The van der Waals surface area contributed by atoms with Gasteiger partial charge in [-0.3, -0.25) is 4.79 Å². The van der Waals surface area contributed by atoms with Crippen molar-refractivity contribution in [1.29, 1.82) is 0 Å². The highest BCUT2D eigenvalue weighted by molar-refractivity contribution is 9.08. The maximum atomic E-state index is 12.2. The Morgan fingerprint density at radius 2 is 1.74 bits per heavy atom. The van der Waals surface area contributed by atoms with E-state index < -0.39 is 11.6 Å². The highest BCUT2D eigenvalue weighted by Gasteiger charge is 2.54. The second kappa shape index (κ2) is 4.76. The third-order valence-electron chi connectivity index (χ3n) is 3.26. The molecule has 0 spiro atoms. The molecule has 0 bridgehead atoms. The van der Waals surface area contributed by atoms with Gasteiger partial charge in [-0.05, 0) is 25.0 Å². The Morgan fingerprint density at radius 1 is 1.21 bits per heavy atom. The van der Waals surface area contributed by atoms with Gasteiger partial charge in [0.25, 0.3) is 5.91 Å². The Labute approximate surface area is 128 Å². The van der Waals surface area contributed by atoms with Crippen LogP contribution in [0.3, 0.4) is 0 Å². The summed E-state index contributed by atoms with van der Waals surface area (Å²) < 4.78 is 2.17. The first-order chi connectivity index (χ1) is 8.80. The molecule has 1 heterocycles. The number of allylic oxidation sites excluding steroid dienone is 1. The van der Waals surface area contributed by atoms with Gasteiger partial charge in [-0.2, -0.15) is 3.93 Å². The van der Waals surface area contributed by atoms with Crippen LogP contribution in [-0.4, -0.2) is 19.8 Å². The van der Waals surface area contributed by atoms with Crippen LogP contribution in [-0.2, 0) is 10.3 Å². The molecule has 0 radical (unpaired) electrons. The third-order valence-corrected chi connectivity index (χ3v) is 4.90. The van der Waals surface area contributed by atoms with Gasteiger partial charge in [0.05, 0.1) is 32.3 Å². The van der Waals surface area contributed by atoms with Crippen LogP contribution in [0.5, 0.6) is 0 Å². The molecule has 1 aliphatic rings. The predicted molar refractivity (Wildman–Crippen MR) is 80.4 cm³/mol. The molecule has 0 aromatic heterocycles. The van der Waals surface area contributed by atoms with Crippen molar-refractivity contribution in [2.45, 2.75) is 19.4 Å². The lowest BCUT2D eigenvalue weighted by atomic mass is 9.91. The van der Waals surface area contributed by atoms with Crippen molar-refractivity contribution in [3.05, 3.63) is 42.0 Å². The quantitative estimate of drug-likeness (QED) is 0.571. The van der Waals surface area contributed by atoms with Crippen LogP contribution in [0.1, 0.15) is 25.0 Å². The Morgan fingerprint density at radius 3 is 2.11 bits per heavy atom. The SMILES string of the molecule is C=C(C)c1ccc(C2(C)C(=O)N(Br)C(=O)N2Br)cc1. The van der Waals surface area contributed by atoms with E-state index in [0.29, 0.717) is 0 Å². The van der Waals surface area contributed by atoms with E-state index in [1.165, 1.54) is 3.93 Å². The van der Waals surface area contributed by atoms with Crippen LogP contribution in [0.25, 0.3) is 5.57 Å². The fourth-order valence-corrected chi connectivity index (χ4v) is 3.18. The molecule has 0 saturated carbocycles. The van der Waals surface area contributed by atoms with Gasteiger partial charge in [-0.15, -0.1) is 0 Å². The minimum absolute atomic E-state index is 0.336. The van der Waals surface area contributed by atoms with Gasteiger partial charge in [0.2, 0.25) is 0 Å². The number of benzene rings is 1. The Bertz CT molecular complexity index is 571. The van der Waals surface area contributed by atoms with Crippen LogP contribution < -0.4 is 0 Å². The fraction of sp³-hybridized carbons (Fsp3) is 0.231. The fourth-order valence-electron chi connectivity index (χ4n) is 1.95. The lowest BCUT2D eigenvalue weighted by molar-refractivity contribution is -0.128. The van der Waals surface area contributed by atoms with Gasteiger partial charge in [0, 0.05) is 0 Å². The van der Waals surface area contributed by atoms with E-state index in [4.69, 9.17) is 0 Å². The normalized spacial score (nSPS) is 23.2. The molecule has 1 saturated heterocycles. The highest BCUT2D eigenvalue weighted by Crippen LogP contribution is 2.41. The number of amides is 3. The largest absolute Gasteiger partial charge is 0.348 e. The Hall–Kier alpha value is -1.14. The summed E-state index contributed by atoms with van der Waals surface area (Å²) in [6.45, 7) is 7.48. The predicted octanol–water partition coefficient (Wildman–Crippen LogP) is 3.82. The molecular formula is C13H12Br2N2O2. The second-order valence-electron chi connectivity index (χ2n) is 4.58. The smallest absolute Gasteiger partial charge is 0.270 e. The number of nitrogens with zero attached hydrogens (tertiary/aromatic N) is 2. The van der Waals surface area contributed by atoms with Crippen molar-refractivity contribution < 1.29 is 9.59 Å². The molecule has 4 nitrogen and oxygen atoms in total. The number of imide groups is 1.